The second kappa shape index (κ2) is 11.9. The maximum Gasteiger partial charge on any atom is 0.103 e. The Morgan fingerprint density at radius 3 is 2.48 bits per heavy atom. The quantitative estimate of drug-likeness (QED) is 0.426. The number of hydrogen-bond acceptors (Lipinski definition) is 3. The predicted molar refractivity (Wildman–Crippen MR) is 93.6 cm³/mol. The van der Waals surface area contributed by atoms with Crippen LogP contribution in [0.3, 0.4) is 0 Å². The van der Waals surface area contributed by atoms with Gasteiger partial charge in [0.25, 0.3) is 0 Å². The lowest BCUT2D eigenvalue weighted by molar-refractivity contribution is 0.182. The third kappa shape index (κ3) is 8.37. The first-order valence-corrected chi connectivity index (χ1v) is 8.93. The molecule has 2 atom stereocenters. The SMILES string of the molecule is CCCCC/C=C/CCCCCCC1N=CCN1C(C)N. The highest BCUT2D eigenvalue weighted by atomic mass is 15.3. The van der Waals surface area contributed by atoms with Crippen LogP contribution in [0, 0.1) is 0 Å². The average Bonchev–Trinajstić information content (AvgIpc) is 2.93. The van der Waals surface area contributed by atoms with E-state index in [1.54, 1.807) is 0 Å². The van der Waals surface area contributed by atoms with Crippen molar-refractivity contribution < 1.29 is 0 Å². The first kappa shape index (κ1) is 18.4. The van der Waals surface area contributed by atoms with Crippen molar-refractivity contribution in [1.82, 2.24) is 4.90 Å². The minimum atomic E-state index is 0.121. The molecule has 1 aliphatic rings. The van der Waals surface area contributed by atoms with Crippen molar-refractivity contribution in [3.63, 3.8) is 0 Å². The Labute approximate surface area is 131 Å². The fraction of sp³-hybridized carbons (Fsp3) is 0.833. The van der Waals surface area contributed by atoms with Crippen molar-refractivity contribution in [1.29, 1.82) is 0 Å². The molecular weight excluding hydrogens is 258 g/mol. The molecular formula is C18H35N3. The molecule has 0 bridgehead atoms. The van der Waals surface area contributed by atoms with Crippen molar-refractivity contribution in [2.45, 2.75) is 90.4 Å². The van der Waals surface area contributed by atoms with Gasteiger partial charge in [-0.15, -0.1) is 0 Å². The van der Waals surface area contributed by atoms with Crippen LogP contribution in [0.25, 0.3) is 0 Å². The van der Waals surface area contributed by atoms with Crippen LogP contribution in [-0.2, 0) is 0 Å². The summed E-state index contributed by atoms with van der Waals surface area (Å²) in [7, 11) is 0. The minimum absolute atomic E-state index is 0.121. The van der Waals surface area contributed by atoms with Gasteiger partial charge in [-0.3, -0.25) is 9.89 Å². The molecule has 0 aromatic carbocycles. The first-order valence-electron chi connectivity index (χ1n) is 8.93. The monoisotopic (exact) mass is 293 g/mol. The zero-order valence-corrected chi connectivity index (χ0v) is 14.1. The molecule has 0 aromatic rings. The summed E-state index contributed by atoms with van der Waals surface area (Å²) in [5, 5.41) is 0. The lowest BCUT2D eigenvalue weighted by Crippen LogP contribution is -2.43. The summed E-state index contributed by atoms with van der Waals surface area (Å²) in [6.07, 6.45) is 20.2. The Morgan fingerprint density at radius 1 is 1.14 bits per heavy atom. The number of allylic oxidation sites excluding steroid dienone is 2. The fourth-order valence-corrected chi connectivity index (χ4v) is 2.84. The van der Waals surface area contributed by atoms with Gasteiger partial charge in [0.2, 0.25) is 0 Å². The van der Waals surface area contributed by atoms with Crippen molar-refractivity contribution in [2.24, 2.45) is 10.7 Å². The van der Waals surface area contributed by atoms with Crippen molar-refractivity contribution >= 4 is 6.21 Å². The standard InChI is InChI=1S/C18H35N3/c1-3-4-5-6-7-8-9-10-11-12-13-14-18-20-15-16-21(18)17(2)19/h7-8,15,17-18H,3-6,9-14,16,19H2,1-2H3/b8-7+. The van der Waals surface area contributed by atoms with Crippen LogP contribution in [0.5, 0.6) is 0 Å². The maximum atomic E-state index is 5.96. The summed E-state index contributed by atoms with van der Waals surface area (Å²) in [5.74, 6) is 0. The Kier molecular flexibility index (Phi) is 10.4. The second-order valence-corrected chi connectivity index (χ2v) is 6.21. The van der Waals surface area contributed by atoms with E-state index in [9.17, 15) is 0 Å². The van der Waals surface area contributed by atoms with Gasteiger partial charge in [0.15, 0.2) is 0 Å². The Hall–Kier alpha value is -0.670. The van der Waals surface area contributed by atoms with E-state index < -0.39 is 0 Å². The van der Waals surface area contributed by atoms with E-state index in [1.807, 2.05) is 6.21 Å². The van der Waals surface area contributed by atoms with E-state index in [2.05, 4.69) is 35.9 Å². The molecule has 3 heteroatoms. The Bertz CT molecular complexity index is 297. The van der Waals surface area contributed by atoms with Crippen molar-refractivity contribution in [2.75, 3.05) is 6.54 Å². The van der Waals surface area contributed by atoms with Gasteiger partial charge in [-0.05, 0) is 45.4 Å². The molecule has 0 aliphatic carbocycles. The third-order valence-electron chi connectivity index (χ3n) is 4.20. The van der Waals surface area contributed by atoms with Crippen LogP contribution in [0.4, 0.5) is 0 Å². The Morgan fingerprint density at radius 2 is 1.81 bits per heavy atom. The van der Waals surface area contributed by atoms with E-state index in [-0.39, 0.29) is 6.17 Å². The van der Waals surface area contributed by atoms with E-state index in [4.69, 9.17) is 5.73 Å². The van der Waals surface area contributed by atoms with Gasteiger partial charge in [-0.25, -0.2) is 0 Å². The molecule has 2 unspecified atom stereocenters. The molecule has 0 aromatic heterocycles. The minimum Gasteiger partial charge on any atom is -0.316 e. The van der Waals surface area contributed by atoms with Gasteiger partial charge in [0.05, 0.1) is 6.17 Å². The van der Waals surface area contributed by atoms with E-state index in [1.165, 1.54) is 57.8 Å². The van der Waals surface area contributed by atoms with Crippen LogP contribution < -0.4 is 5.73 Å². The fourth-order valence-electron chi connectivity index (χ4n) is 2.84. The normalized spacial score (nSPS) is 20.6. The van der Waals surface area contributed by atoms with Gasteiger partial charge < -0.3 is 5.73 Å². The average molecular weight is 293 g/mol. The molecule has 0 spiro atoms. The van der Waals surface area contributed by atoms with Gasteiger partial charge >= 0.3 is 0 Å². The van der Waals surface area contributed by atoms with Gasteiger partial charge in [-0.2, -0.15) is 0 Å². The summed E-state index contributed by atoms with van der Waals surface area (Å²) in [6.45, 7) is 5.23. The molecule has 2 N–H and O–H groups in total. The lowest BCUT2D eigenvalue weighted by atomic mass is 10.1. The number of aliphatic imine (C=N–C) groups is 1. The number of nitrogens with two attached hydrogens (primary N) is 1. The van der Waals surface area contributed by atoms with Crippen LogP contribution >= 0.6 is 0 Å². The van der Waals surface area contributed by atoms with Crippen LogP contribution in [0.1, 0.15) is 78.1 Å². The molecule has 1 rings (SSSR count). The van der Waals surface area contributed by atoms with E-state index in [0.717, 1.165) is 13.0 Å². The molecule has 0 saturated carbocycles. The highest BCUT2D eigenvalue weighted by molar-refractivity contribution is 5.62. The number of rotatable bonds is 12. The molecule has 0 radical (unpaired) electrons. The summed E-state index contributed by atoms with van der Waals surface area (Å²) in [6, 6.07) is 0. The zero-order chi connectivity index (χ0) is 15.3. The molecule has 122 valence electrons. The summed E-state index contributed by atoms with van der Waals surface area (Å²) < 4.78 is 0. The summed E-state index contributed by atoms with van der Waals surface area (Å²) in [5.41, 5.74) is 5.96. The molecule has 0 amide bonds. The first-order chi connectivity index (χ1) is 10.3. The molecule has 21 heavy (non-hydrogen) atoms. The number of unbranched alkanes of at least 4 members (excludes halogenated alkanes) is 7. The van der Waals surface area contributed by atoms with Crippen LogP contribution in [0.2, 0.25) is 0 Å². The van der Waals surface area contributed by atoms with Crippen molar-refractivity contribution in [3.05, 3.63) is 12.2 Å². The predicted octanol–water partition coefficient (Wildman–Crippen LogP) is 4.48. The zero-order valence-electron chi connectivity index (χ0n) is 14.1. The molecule has 0 fully saturated rings. The van der Waals surface area contributed by atoms with Crippen LogP contribution in [0.15, 0.2) is 17.1 Å². The number of nitrogens with zero attached hydrogens (tertiary/aromatic N) is 2. The molecule has 1 aliphatic heterocycles. The summed E-state index contributed by atoms with van der Waals surface area (Å²) in [4.78, 5) is 6.81. The topological polar surface area (TPSA) is 41.6 Å². The van der Waals surface area contributed by atoms with E-state index >= 15 is 0 Å². The van der Waals surface area contributed by atoms with Gasteiger partial charge in [0, 0.05) is 12.8 Å². The largest absolute Gasteiger partial charge is 0.316 e. The number of hydrogen-bond donors (Lipinski definition) is 1. The highest BCUT2D eigenvalue weighted by Gasteiger charge is 2.22. The molecule has 0 saturated heterocycles. The maximum absolute atomic E-state index is 5.96. The van der Waals surface area contributed by atoms with Gasteiger partial charge in [-0.1, -0.05) is 44.8 Å². The van der Waals surface area contributed by atoms with Crippen molar-refractivity contribution in [3.8, 4) is 0 Å². The van der Waals surface area contributed by atoms with E-state index in [0.29, 0.717) is 6.17 Å². The third-order valence-corrected chi connectivity index (χ3v) is 4.20. The highest BCUT2D eigenvalue weighted by Crippen LogP contribution is 2.16. The molecule has 1 heterocycles. The Balaban J connectivity index is 1.92. The second-order valence-electron chi connectivity index (χ2n) is 6.21. The molecule has 3 nitrogen and oxygen atoms in total. The summed E-state index contributed by atoms with van der Waals surface area (Å²) >= 11 is 0. The van der Waals surface area contributed by atoms with Gasteiger partial charge in [0.1, 0.15) is 6.17 Å². The smallest absolute Gasteiger partial charge is 0.103 e. The van der Waals surface area contributed by atoms with Crippen LogP contribution in [-0.4, -0.2) is 30.0 Å². The lowest BCUT2D eigenvalue weighted by Gasteiger charge is -2.26.